The second kappa shape index (κ2) is 9.19. The number of amides is 2. The molecule has 2 saturated heterocycles. The van der Waals surface area contributed by atoms with Gasteiger partial charge in [0.15, 0.2) is 0 Å². The smallest absolute Gasteiger partial charge is 0.405 e. The third-order valence-electron chi connectivity index (χ3n) is 6.19. The maximum atomic E-state index is 12.6. The molecule has 1 spiro atoms. The van der Waals surface area contributed by atoms with E-state index < -0.39 is 12.1 Å². The largest absolute Gasteiger partial charge is 0.573 e. The summed E-state index contributed by atoms with van der Waals surface area (Å²) < 4.78 is 41.9. The summed E-state index contributed by atoms with van der Waals surface area (Å²) in [6.07, 6.45) is -2.77. The quantitative estimate of drug-likeness (QED) is 0.669. The molecule has 2 aromatic rings. The van der Waals surface area contributed by atoms with Crippen LogP contribution in [0.4, 0.5) is 18.0 Å². The second-order valence-corrected chi connectivity index (χ2v) is 9.01. The zero-order valence-electron chi connectivity index (χ0n) is 17.5. The van der Waals surface area contributed by atoms with Gasteiger partial charge in [-0.2, -0.15) is 0 Å². The lowest BCUT2D eigenvalue weighted by molar-refractivity contribution is -0.274. The molecule has 2 aliphatic heterocycles. The van der Waals surface area contributed by atoms with E-state index in [2.05, 4.69) is 27.1 Å². The van der Waals surface area contributed by atoms with E-state index in [9.17, 15) is 18.0 Å². The molecule has 1 N–H and O–H groups in total. The molecule has 5 nitrogen and oxygen atoms in total. The molecule has 0 saturated carbocycles. The molecule has 9 heteroatoms. The molecule has 2 fully saturated rings. The predicted octanol–water partition coefficient (Wildman–Crippen LogP) is 5.05. The summed E-state index contributed by atoms with van der Waals surface area (Å²) >= 11 is 5.78. The van der Waals surface area contributed by atoms with Crippen molar-refractivity contribution in [3.63, 3.8) is 0 Å². The predicted molar refractivity (Wildman–Crippen MR) is 115 cm³/mol. The lowest BCUT2D eigenvalue weighted by Crippen LogP contribution is -2.63. The van der Waals surface area contributed by atoms with Crippen LogP contribution >= 0.6 is 11.6 Å². The minimum Gasteiger partial charge on any atom is -0.405 e. The Hall–Kier alpha value is -2.45. The number of urea groups is 1. The number of hydrogen-bond donors (Lipinski definition) is 1. The summed E-state index contributed by atoms with van der Waals surface area (Å²) in [6, 6.07) is 14.1. The van der Waals surface area contributed by atoms with E-state index in [-0.39, 0.29) is 28.6 Å². The molecule has 2 amide bonds. The molecule has 0 aliphatic carbocycles. The molecule has 0 radical (unpaired) electrons. The van der Waals surface area contributed by atoms with Crippen LogP contribution in [0.25, 0.3) is 0 Å². The third-order valence-corrected chi connectivity index (χ3v) is 6.43. The molecule has 2 aliphatic rings. The highest BCUT2D eigenvalue weighted by Crippen LogP contribution is 2.40. The number of carbonyl (C=O) groups excluding carboxylic acids is 1. The number of alkyl halides is 3. The lowest BCUT2D eigenvalue weighted by atomic mass is 9.72. The summed E-state index contributed by atoms with van der Waals surface area (Å²) in [5.74, 6) is -0.406. The van der Waals surface area contributed by atoms with Crippen molar-refractivity contribution in [2.75, 3.05) is 26.2 Å². The molecule has 0 aromatic heterocycles. The van der Waals surface area contributed by atoms with E-state index in [0.29, 0.717) is 13.1 Å². The average Bonchev–Trinajstić information content (AvgIpc) is 2.71. The van der Waals surface area contributed by atoms with Crippen LogP contribution in [0.3, 0.4) is 0 Å². The number of hydrogen-bond acceptors (Lipinski definition) is 3. The maximum absolute atomic E-state index is 12.6. The van der Waals surface area contributed by atoms with Crippen LogP contribution in [0.1, 0.15) is 24.0 Å². The van der Waals surface area contributed by atoms with Gasteiger partial charge in [-0.1, -0.05) is 48.0 Å². The number of likely N-dealkylation sites (tertiary alicyclic amines) is 2. The van der Waals surface area contributed by atoms with E-state index in [1.54, 1.807) is 4.90 Å². The second-order valence-electron chi connectivity index (χ2n) is 8.58. The third kappa shape index (κ3) is 5.66. The highest BCUT2D eigenvalue weighted by molar-refractivity contribution is 6.30. The first-order chi connectivity index (χ1) is 15.2. The van der Waals surface area contributed by atoms with Crippen LogP contribution < -0.4 is 10.1 Å². The van der Waals surface area contributed by atoms with Gasteiger partial charge in [0.1, 0.15) is 5.75 Å². The van der Waals surface area contributed by atoms with Crippen LogP contribution in [0.15, 0.2) is 48.5 Å². The minimum absolute atomic E-state index is 0.0736. The van der Waals surface area contributed by atoms with Gasteiger partial charge in [0.2, 0.25) is 0 Å². The first-order valence-corrected chi connectivity index (χ1v) is 10.9. The fourth-order valence-corrected chi connectivity index (χ4v) is 4.59. The Morgan fingerprint density at radius 2 is 1.78 bits per heavy atom. The number of piperidine rings is 1. The molecular weight excluding hydrogens is 443 g/mol. The van der Waals surface area contributed by atoms with Crippen molar-refractivity contribution in [1.82, 2.24) is 15.1 Å². The van der Waals surface area contributed by atoms with Gasteiger partial charge in [0, 0.05) is 42.2 Å². The fraction of sp³-hybridized carbons (Fsp3) is 0.435. The van der Waals surface area contributed by atoms with Gasteiger partial charge in [-0.25, -0.2) is 4.79 Å². The van der Waals surface area contributed by atoms with E-state index in [0.717, 1.165) is 38.5 Å². The zero-order chi connectivity index (χ0) is 22.8. The number of halogens is 4. The molecule has 0 unspecified atom stereocenters. The van der Waals surface area contributed by atoms with Crippen molar-refractivity contribution in [3.8, 4) is 5.75 Å². The number of nitrogens with one attached hydrogen (secondary N) is 1. The number of ether oxygens (including phenoxy) is 1. The molecule has 2 aromatic carbocycles. The van der Waals surface area contributed by atoms with Gasteiger partial charge in [-0.3, -0.25) is 4.90 Å². The van der Waals surface area contributed by atoms with Gasteiger partial charge >= 0.3 is 12.4 Å². The Morgan fingerprint density at radius 1 is 1.09 bits per heavy atom. The minimum atomic E-state index is -4.83. The number of rotatable bonds is 5. The SMILES string of the molecule is O=C(NCc1ccc(Cl)cc1OC(F)(F)F)N1CC2(CCN(Cc3ccccc3)CC2)C1. The van der Waals surface area contributed by atoms with Gasteiger partial charge in [-0.05, 0) is 43.6 Å². The van der Waals surface area contributed by atoms with Crippen molar-refractivity contribution in [2.45, 2.75) is 32.3 Å². The lowest BCUT2D eigenvalue weighted by Gasteiger charge is -2.53. The van der Waals surface area contributed by atoms with Gasteiger partial charge in [0.25, 0.3) is 0 Å². The number of carbonyl (C=O) groups is 1. The average molecular weight is 468 g/mol. The molecule has 2 heterocycles. The van der Waals surface area contributed by atoms with Crippen molar-refractivity contribution >= 4 is 17.6 Å². The van der Waals surface area contributed by atoms with Crippen molar-refractivity contribution in [2.24, 2.45) is 5.41 Å². The summed E-state index contributed by atoms with van der Waals surface area (Å²) in [6.45, 7) is 4.19. The summed E-state index contributed by atoms with van der Waals surface area (Å²) in [5, 5.41) is 2.82. The van der Waals surface area contributed by atoms with E-state index in [1.807, 2.05) is 18.2 Å². The van der Waals surface area contributed by atoms with Crippen LogP contribution in [0, 0.1) is 5.41 Å². The summed E-state index contributed by atoms with van der Waals surface area (Å²) in [5.41, 5.74) is 1.66. The van der Waals surface area contributed by atoms with Crippen molar-refractivity contribution in [1.29, 1.82) is 0 Å². The highest BCUT2D eigenvalue weighted by Gasteiger charge is 2.46. The molecule has 4 rings (SSSR count). The molecular formula is C23H25ClF3N3O2. The van der Waals surface area contributed by atoms with E-state index >= 15 is 0 Å². The Morgan fingerprint density at radius 3 is 2.44 bits per heavy atom. The van der Waals surface area contributed by atoms with Crippen LogP contribution in [-0.4, -0.2) is 48.4 Å². The van der Waals surface area contributed by atoms with E-state index in [4.69, 9.17) is 11.6 Å². The van der Waals surface area contributed by atoms with Gasteiger partial charge in [-0.15, -0.1) is 13.2 Å². The first-order valence-electron chi connectivity index (χ1n) is 10.5. The number of benzene rings is 2. The summed E-state index contributed by atoms with van der Waals surface area (Å²) in [7, 11) is 0. The van der Waals surface area contributed by atoms with Crippen LogP contribution in [-0.2, 0) is 13.1 Å². The zero-order valence-corrected chi connectivity index (χ0v) is 18.3. The van der Waals surface area contributed by atoms with Gasteiger partial charge < -0.3 is 15.0 Å². The van der Waals surface area contributed by atoms with E-state index in [1.165, 1.54) is 17.7 Å². The molecule has 0 atom stereocenters. The highest BCUT2D eigenvalue weighted by atomic mass is 35.5. The Kier molecular flexibility index (Phi) is 6.53. The summed E-state index contributed by atoms with van der Waals surface area (Å²) in [4.78, 5) is 16.7. The Bertz CT molecular complexity index is 939. The van der Waals surface area contributed by atoms with Crippen molar-refractivity contribution < 1.29 is 22.7 Å². The normalized spacial score (nSPS) is 18.3. The van der Waals surface area contributed by atoms with Crippen molar-refractivity contribution in [3.05, 3.63) is 64.7 Å². The van der Waals surface area contributed by atoms with Gasteiger partial charge in [0.05, 0.1) is 0 Å². The molecule has 32 heavy (non-hydrogen) atoms. The monoisotopic (exact) mass is 467 g/mol. The Labute approximate surface area is 190 Å². The number of nitrogens with zero attached hydrogens (tertiary/aromatic N) is 2. The van der Waals surface area contributed by atoms with Crippen LogP contribution in [0.2, 0.25) is 5.02 Å². The Balaban J connectivity index is 1.24. The molecule has 0 bridgehead atoms. The first kappa shape index (κ1) is 22.7. The molecule has 172 valence electrons. The standard InChI is InChI=1S/C23H25ClF3N3O2/c24-19-7-6-18(20(12-19)32-23(25,26)27)13-28-21(31)30-15-22(16-30)8-10-29(11-9-22)14-17-4-2-1-3-5-17/h1-7,12H,8-11,13-16H2,(H,28,31). The fourth-order valence-electron chi connectivity index (χ4n) is 4.43. The maximum Gasteiger partial charge on any atom is 0.573 e. The topological polar surface area (TPSA) is 44.8 Å². The van der Waals surface area contributed by atoms with Crippen LogP contribution in [0.5, 0.6) is 5.75 Å².